The van der Waals surface area contributed by atoms with Crippen LogP contribution in [0.15, 0.2) is 21.7 Å². The number of nitrogens with zero attached hydrogens (tertiary/aromatic N) is 3. The van der Waals surface area contributed by atoms with Crippen LogP contribution in [-0.4, -0.2) is 25.9 Å². The Morgan fingerprint density at radius 3 is 3.06 bits per heavy atom. The molecule has 17 heavy (non-hydrogen) atoms. The van der Waals surface area contributed by atoms with E-state index in [1.165, 1.54) is 28.3 Å². The molecule has 7 nitrogen and oxygen atoms in total. The first-order chi connectivity index (χ1) is 8.20. The lowest BCUT2D eigenvalue weighted by Gasteiger charge is -2.04. The second-order valence-electron chi connectivity index (χ2n) is 3.31. The Morgan fingerprint density at radius 2 is 2.29 bits per heavy atom. The zero-order chi connectivity index (χ0) is 12.3. The van der Waals surface area contributed by atoms with Crippen molar-refractivity contribution in [2.45, 2.75) is 13.5 Å². The normalized spacial score (nSPS) is 10.4. The fourth-order valence-electron chi connectivity index (χ4n) is 1.34. The highest BCUT2D eigenvalue weighted by Crippen LogP contribution is 2.17. The number of anilines is 1. The largest absolute Gasteiger partial charge is 0.374 e. The van der Waals surface area contributed by atoms with E-state index in [-0.39, 0.29) is 17.7 Å². The van der Waals surface area contributed by atoms with E-state index in [4.69, 9.17) is 0 Å². The minimum Gasteiger partial charge on any atom is -0.374 e. The van der Waals surface area contributed by atoms with E-state index in [0.29, 0.717) is 5.69 Å². The topological polar surface area (TPSA) is 92.7 Å². The highest BCUT2D eigenvalue weighted by molar-refractivity contribution is 7.10. The molecule has 0 aliphatic heterocycles. The predicted octanol–water partition coefficient (Wildman–Crippen LogP) is -0.132. The van der Waals surface area contributed by atoms with Gasteiger partial charge in [-0.1, -0.05) is 4.49 Å². The summed E-state index contributed by atoms with van der Waals surface area (Å²) in [6.45, 7) is 2.91. The highest BCUT2D eigenvalue weighted by atomic mass is 32.1. The number of aromatic amines is 1. The molecule has 2 N–H and O–H groups in total. The second kappa shape index (κ2) is 4.91. The first kappa shape index (κ1) is 11.5. The molecule has 90 valence electrons. The predicted molar refractivity (Wildman–Crippen MR) is 64.5 cm³/mol. The van der Waals surface area contributed by atoms with Crippen LogP contribution in [0.4, 0.5) is 5.00 Å². The monoisotopic (exact) mass is 253 g/mol. The van der Waals surface area contributed by atoms with Crippen molar-refractivity contribution >= 4 is 16.5 Å². The van der Waals surface area contributed by atoms with Crippen LogP contribution in [-0.2, 0) is 6.54 Å². The molecule has 0 fully saturated rings. The van der Waals surface area contributed by atoms with Crippen molar-refractivity contribution in [2.24, 2.45) is 0 Å². The summed E-state index contributed by atoms with van der Waals surface area (Å²) in [7, 11) is 0. The molecule has 0 aromatic carbocycles. The third-order valence-corrected chi connectivity index (χ3v) is 2.82. The summed E-state index contributed by atoms with van der Waals surface area (Å²) in [5.74, 6) is 0. The van der Waals surface area contributed by atoms with E-state index in [0.717, 1.165) is 11.5 Å². The maximum absolute atomic E-state index is 11.5. The van der Waals surface area contributed by atoms with Gasteiger partial charge in [0.1, 0.15) is 10.7 Å². The molecule has 0 atom stereocenters. The van der Waals surface area contributed by atoms with Gasteiger partial charge in [0.25, 0.3) is 11.1 Å². The second-order valence-corrected chi connectivity index (χ2v) is 4.07. The van der Waals surface area contributed by atoms with Gasteiger partial charge in [-0.2, -0.15) is 0 Å². The van der Waals surface area contributed by atoms with Crippen LogP contribution in [0.2, 0.25) is 0 Å². The van der Waals surface area contributed by atoms with Crippen LogP contribution in [0, 0.1) is 0 Å². The summed E-state index contributed by atoms with van der Waals surface area (Å²) in [5.41, 5.74) is 0.0404. The van der Waals surface area contributed by atoms with E-state index in [1.807, 2.05) is 6.92 Å². The van der Waals surface area contributed by atoms with Gasteiger partial charge in [-0.3, -0.25) is 14.7 Å². The third-order valence-electron chi connectivity index (χ3n) is 2.09. The van der Waals surface area contributed by atoms with Crippen molar-refractivity contribution in [1.29, 1.82) is 0 Å². The number of rotatable bonds is 4. The summed E-state index contributed by atoms with van der Waals surface area (Å²) < 4.78 is 5.02. The van der Waals surface area contributed by atoms with Crippen molar-refractivity contribution in [3.8, 4) is 0 Å². The fraction of sp³-hybridized carbons (Fsp3) is 0.333. The van der Waals surface area contributed by atoms with E-state index >= 15 is 0 Å². The van der Waals surface area contributed by atoms with Crippen LogP contribution in [0.25, 0.3) is 0 Å². The summed E-state index contributed by atoms with van der Waals surface area (Å²) >= 11 is 1.22. The number of nitrogens with one attached hydrogen (secondary N) is 2. The molecule has 2 rings (SSSR count). The quantitative estimate of drug-likeness (QED) is 0.791. The minimum atomic E-state index is -0.321. The van der Waals surface area contributed by atoms with Crippen LogP contribution >= 0.6 is 11.5 Å². The van der Waals surface area contributed by atoms with Gasteiger partial charge >= 0.3 is 0 Å². The first-order valence-corrected chi connectivity index (χ1v) is 5.83. The Balaban J connectivity index is 2.31. The first-order valence-electron chi connectivity index (χ1n) is 5.06. The average Bonchev–Trinajstić information content (AvgIpc) is 2.72. The van der Waals surface area contributed by atoms with Gasteiger partial charge in [-0.15, -0.1) is 5.10 Å². The molecule has 0 aliphatic carbocycles. The molecule has 0 spiro atoms. The molecule has 0 aliphatic rings. The van der Waals surface area contributed by atoms with E-state index in [9.17, 15) is 9.59 Å². The molecule has 2 aromatic heterocycles. The molecule has 0 radical (unpaired) electrons. The zero-order valence-corrected chi connectivity index (χ0v) is 9.95. The molecule has 2 heterocycles. The fourth-order valence-corrected chi connectivity index (χ4v) is 1.98. The summed E-state index contributed by atoms with van der Waals surface area (Å²) in [5, 5.41) is 10.3. The molecule has 8 heteroatoms. The molecule has 2 aromatic rings. The minimum absolute atomic E-state index is 0.202. The van der Waals surface area contributed by atoms with Crippen LogP contribution in [0.1, 0.15) is 12.6 Å². The number of aromatic nitrogens is 4. The van der Waals surface area contributed by atoms with Gasteiger partial charge in [-0.25, -0.2) is 4.68 Å². The van der Waals surface area contributed by atoms with Gasteiger partial charge in [0.15, 0.2) is 0 Å². The van der Waals surface area contributed by atoms with Gasteiger partial charge < -0.3 is 5.32 Å². The van der Waals surface area contributed by atoms with Gasteiger partial charge in [0.2, 0.25) is 0 Å². The smallest absolute Gasteiger partial charge is 0.265 e. The average molecular weight is 253 g/mol. The Labute approximate surface area is 100 Å². The Morgan fingerprint density at radius 1 is 1.47 bits per heavy atom. The van der Waals surface area contributed by atoms with E-state index in [1.54, 1.807) is 0 Å². The van der Waals surface area contributed by atoms with E-state index < -0.39 is 0 Å². The molecule has 0 amide bonds. The van der Waals surface area contributed by atoms with Gasteiger partial charge in [0, 0.05) is 30.2 Å². The van der Waals surface area contributed by atoms with Crippen molar-refractivity contribution in [2.75, 3.05) is 11.9 Å². The van der Waals surface area contributed by atoms with Crippen molar-refractivity contribution in [3.05, 3.63) is 38.5 Å². The number of H-pyrrole nitrogens is 1. The molecular formula is C9H11N5O2S. The van der Waals surface area contributed by atoms with Crippen LogP contribution < -0.4 is 16.4 Å². The lowest BCUT2D eigenvalue weighted by atomic mass is 10.4. The van der Waals surface area contributed by atoms with Gasteiger partial charge in [-0.05, 0) is 6.92 Å². The maximum Gasteiger partial charge on any atom is 0.265 e. The number of hydrogen-bond donors (Lipinski definition) is 2. The molecule has 0 saturated heterocycles. The summed E-state index contributed by atoms with van der Waals surface area (Å²) in [6.07, 6.45) is 0. The van der Waals surface area contributed by atoms with Crippen molar-refractivity contribution < 1.29 is 0 Å². The zero-order valence-electron chi connectivity index (χ0n) is 9.14. The van der Waals surface area contributed by atoms with Crippen LogP contribution in [0.5, 0.6) is 0 Å². The molecule has 0 saturated carbocycles. The molecule has 0 bridgehead atoms. The Bertz CT molecular complexity index is 614. The summed E-state index contributed by atoms with van der Waals surface area (Å²) in [4.78, 5) is 22.6. The third kappa shape index (κ3) is 2.59. The molecular weight excluding hydrogens is 242 g/mol. The number of hydrogen-bond acceptors (Lipinski definition) is 6. The standard InChI is InChI=1S/C9H11N5O2S/c1-2-10-9-6(11-13-17-9)5-14-8(16)4-3-7(15)12-14/h3-4,10H,2,5H2,1H3,(H,12,15). The highest BCUT2D eigenvalue weighted by Gasteiger charge is 2.08. The van der Waals surface area contributed by atoms with Crippen molar-refractivity contribution in [3.63, 3.8) is 0 Å². The Kier molecular flexibility index (Phi) is 3.33. The van der Waals surface area contributed by atoms with E-state index in [2.05, 4.69) is 20.0 Å². The lowest BCUT2D eigenvalue weighted by Crippen LogP contribution is -2.28. The van der Waals surface area contributed by atoms with Crippen LogP contribution in [0.3, 0.4) is 0 Å². The maximum atomic E-state index is 11.5. The summed E-state index contributed by atoms with van der Waals surface area (Å²) in [6, 6.07) is 2.43. The van der Waals surface area contributed by atoms with Crippen molar-refractivity contribution in [1.82, 2.24) is 19.4 Å². The SMILES string of the molecule is CCNc1snnc1Cn1[nH]c(=O)ccc1=O. The van der Waals surface area contributed by atoms with Gasteiger partial charge in [0.05, 0.1) is 6.54 Å². The lowest BCUT2D eigenvalue weighted by molar-refractivity contribution is 0.616. The molecule has 0 unspecified atom stereocenters. The Hall–Kier alpha value is -1.96.